The third-order valence-electron chi connectivity index (χ3n) is 5.35. The summed E-state index contributed by atoms with van der Waals surface area (Å²) in [5.41, 5.74) is 2.93. The summed E-state index contributed by atoms with van der Waals surface area (Å²) >= 11 is 1.61. The van der Waals surface area contributed by atoms with E-state index in [4.69, 9.17) is 9.47 Å². The van der Waals surface area contributed by atoms with Crippen molar-refractivity contribution in [1.82, 2.24) is 9.88 Å². The predicted octanol–water partition coefficient (Wildman–Crippen LogP) is 4.40. The van der Waals surface area contributed by atoms with Crippen LogP contribution in [0.3, 0.4) is 0 Å². The van der Waals surface area contributed by atoms with Gasteiger partial charge in [0.05, 0.1) is 23.5 Å². The lowest BCUT2D eigenvalue weighted by Crippen LogP contribution is -2.48. The molecule has 0 unspecified atom stereocenters. The predicted molar refractivity (Wildman–Crippen MR) is 128 cm³/mol. The lowest BCUT2D eigenvalue weighted by molar-refractivity contribution is -0.126. The molecule has 7 heteroatoms. The number of carbonyl (C=O) groups excluding carboxylic acids is 1. The van der Waals surface area contributed by atoms with Gasteiger partial charge in [0.1, 0.15) is 18.1 Å². The molecule has 1 aromatic heterocycles. The van der Waals surface area contributed by atoms with Crippen molar-refractivity contribution < 1.29 is 14.3 Å². The quantitative estimate of drug-likeness (QED) is 0.501. The number of carbonyl (C=O) groups is 1. The van der Waals surface area contributed by atoms with E-state index in [2.05, 4.69) is 16.0 Å². The second kappa shape index (κ2) is 10.3. The number of nitrogens with zero attached hydrogens (tertiary/aromatic N) is 3. The Labute approximate surface area is 192 Å². The van der Waals surface area contributed by atoms with Gasteiger partial charge in [0.2, 0.25) is 5.91 Å². The van der Waals surface area contributed by atoms with Crippen molar-refractivity contribution in [3.63, 3.8) is 0 Å². The van der Waals surface area contributed by atoms with Crippen LogP contribution in [0.15, 0.2) is 60.0 Å². The molecule has 0 spiro atoms. The number of aryl methyl sites for hydroxylation is 1. The maximum absolute atomic E-state index is 12.7. The molecular formula is C25H27N3O3S. The van der Waals surface area contributed by atoms with Gasteiger partial charge in [-0.3, -0.25) is 4.79 Å². The fraction of sp³-hybridized carbons (Fsp3) is 0.280. The number of benzene rings is 2. The number of aromatic nitrogens is 1. The molecule has 0 aliphatic carbocycles. The molecule has 4 rings (SSSR count). The second-order valence-electron chi connectivity index (χ2n) is 7.54. The summed E-state index contributed by atoms with van der Waals surface area (Å²) in [6.07, 6.45) is 3.48. The minimum atomic E-state index is 0.0222. The fourth-order valence-corrected chi connectivity index (χ4v) is 4.27. The molecule has 1 saturated heterocycles. The van der Waals surface area contributed by atoms with Crippen molar-refractivity contribution in [3.05, 3.63) is 76.3 Å². The Bertz CT molecular complexity index is 1090. The van der Waals surface area contributed by atoms with Gasteiger partial charge in [0.15, 0.2) is 0 Å². The molecule has 1 amide bonds. The molecule has 6 nitrogen and oxygen atoms in total. The Hall–Kier alpha value is -3.32. The monoisotopic (exact) mass is 449 g/mol. The molecule has 2 heterocycles. The Morgan fingerprint density at radius 3 is 2.69 bits per heavy atom. The van der Waals surface area contributed by atoms with Crippen LogP contribution in [-0.4, -0.2) is 49.1 Å². The van der Waals surface area contributed by atoms with Crippen LogP contribution in [0.5, 0.6) is 11.5 Å². The van der Waals surface area contributed by atoms with Gasteiger partial charge in [-0.05, 0) is 42.8 Å². The maximum Gasteiger partial charge on any atom is 0.246 e. The number of anilines is 1. The molecule has 1 fully saturated rings. The van der Waals surface area contributed by atoms with Crippen LogP contribution < -0.4 is 14.4 Å². The van der Waals surface area contributed by atoms with Crippen molar-refractivity contribution in [2.24, 2.45) is 0 Å². The normalized spacial score (nSPS) is 14.1. The summed E-state index contributed by atoms with van der Waals surface area (Å²) in [4.78, 5) is 21.2. The third-order valence-corrected chi connectivity index (χ3v) is 6.17. The highest BCUT2D eigenvalue weighted by molar-refractivity contribution is 7.09. The van der Waals surface area contributed by atoms with Gasteiger partial charge >= 0.3 is 0 Å². The first-order chi connectivity index (χ1) is 15.6. The van der Waals surface area contributed by atoms with Crippen LogP contribution in [0.1, 0.15) is 16.3 Å². The van der Waals surface area contributed by atoms with E-state index in [-0.39, 0.29) is 5.91 Å². The van der Waals surface area contributed by atoms with E-state index < -0.39 is 0 Å². The molecule has 166 valence electrons. The molecule has 1 aliphatic heterocycles. The zero-order valence-corrected chi connectivity index (χ0v) is 19.2. The van der Waals surface area contributed by atoms with E-state index in [9.17, 15) is 4.79 Å². The van der Waals surface area contributed by atoms with E-state index in [1.54, 1.807) is 24.5 Å². The molecular weight excluding hydrogens is 422 g/mol. The molecule has 0 atom stereocenters. The molecule has 32 heavy (non-hydrogen) atoms. The number of rotatable bonds is 7. The zero-order valence-electron chi connectivity index (χ0n) is 18.4. The minimum Gasteiger partial charge on any atom is -0.495 e. The van der Waals surface area contributed by atoms with E-state index in [0.29, 0.717) is 19.7 Å². The second-order valence-corrected chi connectivity index (χ2v) is 8.60. The van der Waals surface area contributed by atoms with E-state index >= 15 is 0 Å². The van der Waals surface area contributed by atoms with Gasteiger partial charge < -0.3 is 19.3 Å². The summed E-state index contributed by atoms with van der Waals surface area (Å²) in [5.74, 6) is 1.64. The van der Waals surface area contributed by atoms with Crippen LogP contribution in [0.25, 0.3) is 6.08 Å². The van der Waals surface area contributed by atoms with Gasteiger partial charge in [-0.25, -0.2) is 4.98 Å². The standard InChI is InChI=1S/C25H27N3O3S/c1-19-26-21(18-32-19)17-31-22-7-5-6-20(16-22)10-11-25(29)28-14-12-27(13-15-28)23-8-3-4-9-24(23)30-2/h3-11,16,18H,12-15,17H2,1-2H3/b11-10+. The Kier molecular flexibility index (Phi) is 7.07. The van der Waals surface area contributed by atoms with Gasteiger partial charge in [0, 0.05) is 37.6 Å². The fourth-order valence-electron chi connectivity index (χ4n) is 3.67. The summed E-state index contributed by atoms with van der Waals surface area (Å²) in [5, 5.41) is 3.04. The van der Waals surface area contributed by atoms with Crippen LogP contribution in [-0.2, 0) is 11.4 Å². The highest BCUT2D eigenvalue weighted by Crippen LogP contribution is 2.28. The Balaban J connectivity index is 1.31. The average molecular weight is 450 g/mol. The summed E-state index contributed by atoms with van der Waals surface area (Å²) in [6, 6.07) is 15.7. The number of thiazole rings is 1. The van der Waals surface area contributed by atoms with Crippen molar-refractivity contribution in [1.29, 1.82) is 0 Å². The molecule has 1 aliphatic rings. The van der Waals surface area contributed by atoms with E-state index in [1.165, 1.54) is 0 Å². The number of piperazine rings is 1. The average Bonchev–Trinajstić information content (AvgIpc) is 3.26. The molecule has 0 N–H and O–H groups in total. The molecule has 0 bridgehead atoms. The minimum absolute atomic E-state index is 0.0222. The van der Waals surface area contributed by atoms with Crippen LogP contribution >= 0.6 is 11.3 Å². The van der Waals surface area contributed by atoms with Crippen molar-refractivity contribution in [3.8, 4) is 11.5 Å². The number of hydrogen-bond acceptors (Lipinski definition) is 6. The Morgan fingerprint density at radius 1 is 1.12 bits per heavy atom. The number of amides is 1. The summed E-state index contributed by atoms with van der Waals surface area (Å²) in [6.45, 7) is 5.33. The number of para-hydroxylation sites is 2. The SMILES string of the molecule is COc1ccccc1N1CCN(C(=O)/C=C/c2cccc(OCc3csc(C)n3)c2)CC1. The molecule has 0 radical (unpaired) electrons. The van der Waals surface area contributed by atoms with Gasteiger partial charge in [-0.1, -0.05) is 24.3 Å². The van der Waals surface area contributed by atoms with Gasteiger partial charge in [-0.2, -0.15) is 0 Å². The van der Waals surface area contributed by atoms with Crippen molar-refractivity contribution in [2.75, 3.05) is 38.2 Å². The van der Waals surface area contributed by atoms with Crippen LogP contribution in [0.4, 0.5) is 5.69 Å². The van der Waals surface area contributed by atoms with Gasteiger partial charge in [-0.15, -0.1) is 11.3 Å². The van der Waals surface area contributed by atoms with Crippen LogP contribution in [0.2, 0.25) is 0 Å². The number of hydrogen-bond donors (Lipinski definition) is 0. The zero-order chi connectivity index (χ0) is 22.3. The first kappa shape index (κ1) is 21.9. The smallest absolute Gasteiger partial charge is 0.246 e. The van der Waals surface area contributed by atoms with Crippen molar-refractivity contribution in [2.45, 2.75) is 13.5 Å². The summed E-state index contributed by atoms with van der Waals surface area (Å²) in [7, 11) is 1.68. The number of ether oxygens (including phenoxy) is 2. The molecule has 3 aromatic rings. The number of methoxy groups -OCH3 is 1. The van der Waals surface area contributed by atoms with E-state index in [1.807, 2.05) is 65.7 Å². The topological polar surface area (TPSA) is 54.9 Å². The highest BCUT2D eigenvalue weighted by atomic mass is 32.1. The van der Waals surface area contributed by atoms with Crippen molar-refractivity contribution >= 4 is 29.0 Å². The lowest BCUT2D eigenvalue weighted by Gasteiger charge is -2.36. The van der Waals surface area contributed by atoms with Crippen LogP contribution in [0, 0.1) is 6.92 Å². The maximum atomic E-state index is 12.7. The highest BCUT2D eigenvalue weighted by Gasteiger charge is 2.21. The summed E-state index contributed by atoms with van der Waals surface area (Å²) < 4.78 is 11.3. The third kappa shape index (κ3) is 5.48. The first-order valence-electron chi connectivity index (χ1n) is 10.6. The molecule has 2 aromatic carbocycles. The first-order valence-corrected chi connectivity index (χ1v) is 11.5. The van der Waals surface area contributed by atoms with E-state index in [0.717, 1.165) is 46.5 Å². The molecule has 0 saturated carbocycles. The lowest BCUT2D eigenvalue weighted by atomic mass is 10.2. The largest absolute Gasteiger partial charge is 0.495 e. The van der Waals surface area contributed by atoms with Gasteiger partial charge in [0.25, 0.3) is 0 Å². The Morgan fingerprint density at radius 2 is 1.94 bits per heavy atom.